The van der Waals surface area contributed by atoms with Crippen molar-refractivity contribution in [2.75, 3.05) is 46.6 Å². The van der Waals surface area contributed by atoms with Crippen molar-refractivity contribution in [1.82, 2.24) is 25.6 Å². The van der Waals surface area contributed by atoms with Crippen LogP contribution in [0.4, 0.5) is 17.6 Å². The minimum absolute atomic E-state index is 0.0346. The SMILES string of the molecule is C[C@@H](C1CC2C(=O)N(C3CCCC(C4([C@@H](F)C5NNCN5C)COC4)C3)CC2C(C(F)(F)F)C1)N1CCC2(CC2)C1. The standard InChI is InChI=1S/C30H47F4N5O2/c1-18(38-9-8-28(14-38)6-7-28)19-10-22-23(24(11-19)30(32,33)34)13-39(27(22)40)21-5-3-4-20(12-21)29(15-41-16-29)25(31)26-36-35-17-37(26)2/h18-26,35-36H,3-17H2,1-2H3/t18-,19?,20?,21?,22?,23?,24?,25-,26?/m0/s1. The van der Waals surface area contributed by atoms with E-state index < -0.39 is 41.7 Å². The molecule has 41 heavy (non-hydrogen) atoms. The van der Waals surface area contributed by atoms with Crippen molar-refractivity contribution < 1.29 is 27.1 Å². The molecule has 0 bridgehead atoms. The second-order valence-corrected chi connectivity index (χ2v) is 14.9. The Labute approximate surface area is 241 Å². The van der Waals surface area contributed by atoms with Gasteiger partial charge in [0.1, 0.15) is 12.3 Å². The number of rotatable bonds is 6. The summed E-state index contributed by atoms with van der Waals surface area (Å²) in [6.07, 6.45) is 1.58. The van der Waals surface area contributed by atoms with Crippen molar-refractivity contribution in [3.05, 3.63) is 0 Å². The highest BCUT2D eigenvalue weighted by Gasteiger charge is 2.61. The number of amides is 1. The van der Waals surface area contributed by atoms with Gasteiger partial charge in [-0.25, -0.2) is 15.2 Å². The number of carbonyl (C=O) groups is 1. The number of carbonyl (C=O) groups excluding carboxylic acids is 1. The van der Waals surface area contributed by atoms with Crippen molar-refractivity contribution >= 4 is 5.91 Å². The number of nitrogens with zero attached hydrogens (tertiary/aromatic N) is 3. The van der Waals surface area contributed by atoms with Gasteiger partial charge in [-0.2, -0.15) is 13.2 Å². The first-order valence-corrected chi connectivity index (χ1v) is 16.0. The monoisotopic (exact) mass is 585 g/mol. The van der Waals surface area contributed by atoms with Crippen LogP contribution in [0.3, 0.4) is 0 Å². The smallest absolute Gasteiger partial charge is 0.380 e. The lowest BCUT2D eigenvalue weighted by atomic mass is 9.63. The molecule has 2 N–H and O–H groups in total. The van der Waals surface area contributed by atoms with Gasteiger partial charge < -0.3 is 9.64 Å². The molecule has 3 aliphatic carbocycles. The van der Waals surface area contributed by atoms with Crippen molar-refractivity contribution in [3.8, 4) is 0 Å². The Morgan fingerprint density at radius 3 is 2.49 bits per heavy atom. The molecule has 7 aliphatic rings. The van der Waals surface area contributed by atoms with Gasteiger partial charge >= 0.3 is 6.18 Å². The number of hydrogen-bond donors (Lipinski definition) is 2. The number of ether oxygens (including phenoxy) is 1. The first-order valence-electron chi connectivity index (χ1n) is 16.0. The molecule has 1 spiro atoms. The molecule has 4 heterocycles. The van der Waals surface area contributed by atoms with Crippen LogP contribution in [0.15, 0.2) is 0 Å². The van der Waals surface area contributed by atoms with Crippen LogP contribution in [-0.4, -0.2) is 97.8 Å². The van der Waals surface area contributed by atoms with Crippen molar-refractivity contribution in [1.29, 1.82) is 0 Å². The quantitative estimate of drug-likeness (QED) is 0.463. The van der Waals surface area contributed by atoms with Gasteiger partial charge in [-0.3, -0.25) is 14.6 Å². The lowest BCUT2D eigenvalue weighted by Crippen LogP contribution is -2.63. The average molecular weight is 586 g/mol. The first kappa shape index (κ1) is 28.7. The molecule has 3 saturated carbocycles. The van der Waals surface area contributed by atoms with Gasteiger partial charge in [0.25, 0.3) is 0 Å². The normalized spacial score (nSPS) is 42.3. The van der Waals surface area contributed by atoms with Gasteiger partial charge in [-0.1, -0.05) is 6.42 Å². The fourth-order valence-corrected chi connectivity index (χ4v) is 9.77. The van der Waals surface area contributed by atoms with Crippen molar-refractivity contribution in [2.45, 2.75) is 95.3 Å². The Morgan fingerprint density at radius 2 is 1.88 bits per heavy atom. The number of hydrogen-bond acceptors (Lipinski definition) is 6. The van der Waals surface area contributed by atoms with Crippen LogP contribution in [0.25, 0.3) is 0 Å². The highest BCUT2D eigenvalue weighted by Crippen LogP contribution is 2.56. The third kappa shape index (κ3) is 4.84. The number of likely N-dealkylation sites (tertiary alicyclic amines) is 2. The summed E-state index contributed by atoms with van der Waals surface area (Å²) in [7, 11) is 1.88. The zero-order chi connectivity index (χ0) is 28.7. The molecule has 9 atom stereocenters. The van der Waals surface area contributed by atoms with Crippen molar-refractivity contribution in [2.24, 2.45) is 40.4 Å². The fraction of sp³-hybridized carbons (Fsp3) is 0.967. The molecule has 7 fully saturated rings. The lowest BCUT2D eigenvalue weighted by Gasteiger charge is -2.53. The van der Waals surface area contributed by atoms with Gasteiger partial charge in [-0.15, -0.1) is 0 Å². The Hall–Kier alpha value is -1.01. The van der Waals surface area contributed by atoms with Crippen LogP contribution in [0, 0.1) is 40.4 Å². The molecule has 7 rings (SSSR count). The summed E-state index contributed by atoms with van der Waals surface area (Å²) in [5.41, 5.74) is 5.87. The van der Waals surface area contributed by atoms with E-state index in [9.17, 15) is 18.0 Å². The van der Waals surface area contributed by atoms with E-state index in [0.717, 1.165) is 38.8 Å². The third-order valence-corrected chi connectivity index (χ3v) is 12.8. The van der Waals surface area contributed by atoms with E-state index in [0.29, 0.717) is 38.1 Å². The van der Waals surface area contributed by atoms with E-state index in [2.05, 4.69) is 22.7 Å². The lowest BCUT2D eigenvalue weighted by molar-refractivity contribution is -0.206. The zero-order valence-corrected chi connectivity index (χ0v) is 24.5. The van der Waals surface area contributed by atoms with E-state index in [1.54, 1.807) is 0 Å². The number of alkyl halides is 4. The van der Waals surface area contributed by atoms with E-state index >= 15 is 4.39 Å². The van der Waals surface area contributed by atoms with E-state index in [-0.39, 0.29) is 42.8 Å². The molecule has 0 aromatic heterocycles. The highest BCUT2D eigenvalue weighted by atomic mass is 19.4. The van der Waals surface area contributed by atoms with Crippen LogP contribution < -0.4 is 10.9 Å². The predicted molar refractivity (Wildman–Crippen MR) is 145 cm³/mol. The van der Waals surface area contributed by atoms with E-state index in [1.807, 2.05) is 16.8 Å². The maximum Gasteiger partial charge on any atom is 0.392 e. The van der Waals surface area contributed by atoms with Gasteiger partial charge in [0.2, 0.25) is 5.91 Å². The minimum atomic E-state index is -4.31. The molecule has 7 unspecified atom stereocenters. The summed E-state index contributed by atoms with van der Waals surface area (Å²) in [5.74, 6) is -2.82. The fourth-order valence-electron chi connectivity index (χ4n) is 9.77. The van der Waals surface area contributed by atoms with E-state index in [4.69, 9.17) is 4.74 Å². The predicted octanol–water partition coefficient (Wildman–Crippen LogP) is 3.76. The molecule has 232 valence electrons. The topological polar surface area (TPSA) is 60.1 Å². The summed E-state index contributed by atoms with van der Waals surface area (Å²) >= 11 is 0. The first-order chi connectivity index (χ1) is 19.5. The molecule has 7 nitrogen and oxygen atoms in total. The summed E-state index contributed by atoms with van der Waals surface area (Å²) in [6.45, 7) is 5.52. The second kappa shape index (κ2) is 10.3. The summed E-state index contributed by atoms with van der Waals surface area (Å²) < 4.78 is 65.4. The van der Waals surface area contributed by atoms with Crippen LogP contribution >= 0.6 is 0 Å². The maximum absolute atomic E-state index is 16.1. The van der Waals surface area contributed by atoms with Crippen LogP contribution in [-0.2, 0) is 9.53 Å². The highest BCUT2D eigenvalue weighted by molar-refractivity contribution is 5.82. The summed E-state index contributed by atoms with van der Waals surface area (Å²) in [4.78, 5) is 20.1. The average Bonchev–Trinajstić information content (AvgIpc) is 3.19. The van der Waals surface area contributed by atoms with Gasteiger partial charge in [0.05, 0.1) is 31.2 Å². The minimum Gasteiger partial charge on any atom is -0.380 e. The molecule has 4 saturated heterocycles. The third-order valence-electron chi connectivity index (χ3n) is 12.8. The van der Waals surface area contributed by atoms with Crippen LogP contribution in [0.1, 0.15) is 64.7 Å². The van der Waals surface area contributed by atoms with Crippen molar-refractivity contribution in [3.63, 3.8) is 0 Å². The molecule has 0 radical (unpaired) electrons. The Kier molecular flexibility index (Phi) is 7.21. The van der Waals surface area contributed by atoms with Crippen LogP contribution in [0.2, 0.25) is 0 Å². The molecule has 11 heteroatoms. The van der Waals surface area contributed by atoms with Crippen LogP contribution in [0.5, 0.6) is 0 Å². The Morgan fingerprint density at radius 1 is 1.10 bits per heavy atom. The van der Waals surface area contributed by atoms with E-state index in [1.165, 1.54) is 12.8 Å². The van der Waals surface area contributed by atoms with Gasteiger partial charge in [0, 0.05) is 31.1 Å². The molecular weight excluding hydrogens is 538 g/mol. The molecule has 0 aromatic carbocycles. The van der Waals surface area contributed by atoms with Gasteiger partial charge in [0.15, 0.2) is 0 Å². The largest absolute Gasteiger partial charge is 0.392 e. The Bertz CT molecular complexity index is 1010. The summed E-state index contributed by atoms with van der Waals surface area (Å²) in [5, 5.41) is 0. The number of nitrogens with one attached hydrogen (secondary N) is 2. The van der Waals surface area contributed by atoms with Gasteiger partial charge in [-0.05, 0) is 95.1 Å². The molecule has 4 aliphatic heterocycles. The number of fused-ring (bicyclic) bond motifs is 1. The second-order valence-electron chi connectivity index (χ2n) is 14.9. The number of hydrazine groups is 1. The maximum atomic E-state index is 16.1. The molecule has 1 amide bonds. The zero-order valence-electron chi connectivity index (χ0n) is 24.5. The number of halogens is 4. The Balaban J connectivity index is 1.07. The molecular formula is C30H47F4N5O2. The summed E-state index contributed by atoms with van der Waals surface area (Å²) in [6, 6.07) is -0.0551. The molecule has 0 aromatic rings.